The van der Waals surface area contributed by atoms with Gasteiger partial charge < -0.3 is 9.80 Å². The van der Waals surface area contributed by atoms with Crippen molar-refractivity contribution in [2.24, 2.45) is 0 Å². The molecule has 0 radical (unpaired) electrons. The van der Waals surface area contributed by atoms with E-state index in [0.29, 0.717) is 0 Å². The molecule has 332 valence electrons. The molecule has 0 saturated carbocycles. The van der Waals surface area contributed by atoms with Crippen LogP contribution in [0.3, 0.4) is 0 Å². The molecule has 0 spiro atoms. The van der Waals surface area contributed by atoms with Crippen LogP contribution in [0.1, 0.15) is 52.7 Å². The molecule has 69 heavy (non-hydrogen) atoms. The maximum Gasteiger partial charge on any atom is 0.252 e. The van der Waals surface area contributed by atoms with Crippen LogP contribution in [0.15, 0.2) is 200 Å². The van der Waals surface area contributed by atoms with Crippen LogP contribution in [0.5, 0.6) is 0 Å². The highest BCUT2D eigenvalue weighted by molar-refractivity contribution is 7.00. The lowest BCUT2D eigenvalue weighted by atomic mass is 9.33. The van der Waals surface area contributed by atoms with Crippen LogP contribution in [-0.2, 0) is 10.8 Å². The summed E-state index contributed by atoms with van der Waals surface area (Å²) in [5.41, 5.74) is 19.7. The molecular weight excluding hydrogens is 840 g/mol. The Kier molecular flexibility index (Phi) is 9.03. The molecule has 0 unspecified atom stereocenters. The van der Waals surface area contributed by atoms with E-state index < -0.39 is 0 Å². The third-order valence-corrected chi connectivity index (χ3v) is 14.5. The first-order valence-corrected chi connectivity index (χ1v) is 24.1. The highest BCUT2D eigenvalue weighted by Crippen LogP contribution is 2.47. The minimum atomic E-state index is -0.134. The summed E-state index contributed by atoms with van der Waals surface area (Å²) < 4.78 is 4.66. The molecule has 6 nitrogen and oxygen atoms in total. The van der Waals surface area contributed by atoms with Crippen molar-refractivity contribution in [3.63, 3.8) is 0 Å². The number of hydrogen-bond acceptors (Lipinski definition) is 4. The molecule has 11 aromatic rings. The Morgan fingerprint density at radius 3 is 1.70 bits per heavy atom. The van der Waals surface area contributed by atoms with Gasteiger partial charge >= 0.3 is 0 Å². The Labute approximate surface area is 403 Å². The van der Waals surface area contributed by atoms with Crippen molar-refractivity contribution in [3.8, 4) is 22.9 Å². The average molecular weight is 891 g/mol. The molecule has 2 aliphatic heterocycles. The van der Waals surface area contributed by atoms with Gasteiger partial charge in [0.2, 0.25) is 0 Å². The molecule has 0 atom stereocenters. The van der Waals surface area contributed by atoms with Crippen LogP contribution >= 0.6 is 0 Å². The summed E-state index contributed by atoms with van der Waals surface area (Å²) in [5, 5.41) is 2.38. The van der Waals surface area contributed by atoms with E-state index in [1.165, 1.54) is 55.3 Å². The third kappa shape index (κ3) is 6.40. The average Bonchev–Trinajstić information content (AvgIpc) is 3.92. The van der Waals surface area contributed by atoms with Crippen molar-refractivity contribution in [1.82, 2.24) is 19.1 Å². The van der Waals surface area contributed by atoms with Crippen LogP contribution in [0.25, 0.3) is 55.7 Å². The van der Waals surface area contributed by atoms with Gasteiger partial charge in [0.05, 0.1) is 22.1 Å². The highest BCUT2D eigenvalue weighted by Gasteiger charge is 2.44. The molecule has 13 rings (SSSR count). The molecule has 0 N–H and O–H groups in total. The number of hydrogen-bond donors (Lipinski definition) is 0. The summed E-state index contributed by atoms with van der Waals surface area (Å²) in [6, 6.07) is 71.4. The number of fused-ring (bicyclic) bond motifs is 8. The van der Waals surface area contributed by atoms with E-state index >= 15 is 0 Å². The first kappa shape index (κ1) is 41.1. The van der Waals surface area contributed by atoms with E-state index in [0.717, 1.165) is 62.0 Å². The summed E-state index contributed by atoms with van der Waals surface area (Å²) in [6.07, 6.45) is 1.89. The van der Waals surface area contributed by atoms with Crippen LogP contribution < -0.4 is 26.2 Å². The van der Waals surface area contributed by atoms with Crippen LogP contribution in [-0.4, -0.2) is 25.8 Å². The quantitative estimate of drug-likeness (QED) is 0.161. The number of imidazole rings is 1. The zero-order valence-electron chi connectivity index (χ0n) is 39.8. The fraction of sp³-hybridized carbons (Fsp3) is 0.129. The van der Waals surface area contributed by atoms with Gasteiger partial charge in [0.1, 0.15) is 11.6 Å². The zero-order chi connectivity index (χ0) is 46.8. The van der Waals surface area contributed by atoms with Crippen molar-refractivity contribution in [3.05, 3.63) is 211 Å². The van der Waals surface area contributed by atoms with E-state index in [1.807, 2.05) is 12.3 Å². The van der Waals surface area contributed by atoms with Gasteiger partial charge in [0.15, 0.2) is 0 Å². The van der Waals surface area contributed by atoms with Crippen molar-refractivity contribution < 1.29 is 0 Å². The number of benzene rings is 8. The van der Waals surface area contributed by atoms with Gasteiger partial charge in [-0.25, -0.2) is 9.97 Å². The minimum absolute atomic E-state index is 0.0142. The number of rotatable bonds is 5. The maximum absolute atomic E-state index is 5.41. The molecular formula is C62H51BN6. The van der Waals surface area contributed by atoms with E-state index in [9.17, 15) is 0 Å². The van der Waals surface area contributed by atoms with E-state index in [2.05, 4.69) is 249 Å². The van der Waals surface area contributed by atoms with Gasteiger partial charge in [-0.3, -0.25) is 9.13 Å². The first-order chi connectivity index (χ1) is 33.5. The molecule has 2 aliphatic rings. The molecule has 0 bridgehead atoms. The summed E-state index contributed by atoms with van der Waals surface area (Å²) in [7, 11) is 0. The summed E-state index contributed by atoms with van der Waals surface area (Å²) in [6.45, 7) is 13.6. The Balaban J connectivity index is 1.13. The number of anilines is 6. The largest absolute Gasteiger partial charge is 0.311 e. The highest BCUT2D eigenvalue weighted by atomic mass is 15.2. The third-order valence-electron chi connectivity index (χ3n) is 14.5. The lowest BCUT2D eigenvalue weighted by molar-refractivity contribution is 0.590. The summed E-state index contributed by atoms with van der Waals surface area (Å²) >= 11 is 0. The van der Waals surface area contributed by atoms with Crippen LogP contribution in [0.2, 0.25) is 0 Å². The number of aromatic nitrogens is 4. The second-order valence-electron chi connectivity index (χ2n) is 20.7. The second kappa shape index (κ2) is 15.2. The Morgan fingerprint density at radius 1 is 0.420 bits per heavy atom. The lowest BCUT2D eigenvalue weighted by Crippen LogP contribution is -2.61. The molecule has 0 aliphatic carbocycles. The zero-order valence-corrected chi connectivity index (χ0v) is 39.8. The van der Waals surface area contributed by atoms with Gasteiger partial charge in [0, 0.05) is 62.3 Å². The summed E-state index contributed by atoms with van der Waals surface area (Å²) in [4.78, 5) is 15.4. The lowest BCUT2D eigenvalue weighted by Gasteiger charge is -2.44. The Bertz CT molecular complexity index is 3800. The monoisotopic (exact) mass is 890 g/mol. The Hall–Kier alpha value is -8.16. The van der Waals surface area contributed by atoms with Gasteiger partial charge in [0.25, 0.3) is 6.71 Å². The van der Waals surface area contributed by atoms with Crippen LogP contribution in [0.4, 0.5) is 34.1 Å². The van der Waals surface area contributed by atoms with Crippen molar-refractivity contribution in [1.29, 1.82) is 0 Å². The maximum atomic E-state index is 5.41. The normalized spacial score (nSPS) is 13.3. The van der Waals surface area contributed by atoms with Gasteiger partial charge in [-0.05, 0) is 141 Å². The van der Waals surface area contributed by atoms with Crippen molar-refractivity contribution in [2.45, 2.75) is 52.4 Å². The number of nitrogens with zero attached hydrogens (tertiary/aromatic N) is 6. The van der Waals surface area contributed by atoms with Gasteiger partial charge in [-0.1, -0.05) is 133 Å². The molecule has 0 saturated heterocycles. The van der Waals surface area contributed by atoms with Gasteiger partial charge in [-0.15, -0.1) is 0 Å². The predicted molar refractivity (Wildman–Crippen MR) is 290 cm³/mol. The molecule has 5 heterocycles. The summed E-state index contributed by atoms with van der Waals surface area (Å²) in [5.74, 6) is 1.80. The van der Waals surface area contributed by atoms with E-state index in [4.69, 9.17) is 9.97 Å². The molecule has 0 amide bonds. The van der Waals surface area contributed by atoms with E-state index in [-0.39, 0.29) is 17.5 Å². The van der Waals surface area contributed by atoms with Crippen molar-refractivity contribution >= 4 is 90.1 Å². The van der Waals surface area contributed by atoms with Gasteiger partial charge in [-0.2, -0.15) is 0 Å². The second-order valence-corrected chi connectivity index (χ2v) is 20.7. The number of para-hydroxylation sites is 4. The topological polar surface area (TPSA) is 42.1 Å². The van der Waals surface area contributed by atoms with Crippen molar-refractivity contribution in [2.75, 3.05) is 9.80 Å². The standard InChI is InChI=1S/C62H51BN6/c1-61(2,3)41-27-31-44(32-28-41)66-52-35-26-40(60-65-50-20-11-13-22-53(50)68(60)43-17-8-7-9-18-43)37-48(52)63-49-39-56-47(46-19-10-12-21-51(46)69(56)58-25-14-15-36-64-58)38-57(49)67(55-24-16-23-54(66)59(55)63)45-33-29-42(30-34-45)62(4,5)6/h7-39H,1-6H3. The molecule has 8 aromatic carbocycles. The Morgan fingerprint density at radius 2 is 1.03 bits per heavy atom. The predicted octanol–water partition coefficient (Wildman–Crippen LogP) is 13.9. The minimum Gasteiger partial charge on any atom is -0.311 e. The molecule has 0 fully saturated rings. The van der Waals surface area contributed by atoms with E-state index in [1.54, 1.807) is 0 Å². The fourth-order valence-corrected chi connectivity index (χ4v) is 11.1. The fourth-order valence-electron chi connectivity index (χ4n) is 11.1. The SMILES string of the molecule is CC(C)(C)c1ccc(N2c3ccc(-c4nc5ccccc5n4-c4ccccc4)cc3B3c4cc5c(cc4N(c4ccc(C(C)(C)C)cc4)c4cccc2c43)c2ccccc2n5-c2ccccn2)cc1. The smallest absolute Gasteiger partial charge is 0.252 e. The molecule has 3 aromatic heterocycles. The molecule has 7 heteroatoms. The van der Waals surface area contributed by atoms with Crippen LogP contribution in [0, 0.1) is 0 Å². The number of pyridine rings is 1. The first-order valence-electron chi connectivity index (χ1n) is 24.1.